The second-order valence-corrected chi connectivity index (χ2v) is 3.59. The van der Waals surface area contributed by atoms with Gasteiger partial charge in [0.15, 0.2) is 0 Å². The van der Waals surface area contributed by atoms with Crippen LogP contribution in [0.4, 0.5) is 0 Å². The van der Waals surface area contributed by atoms with Crippen LogP contribution in [0.1, 0.15) is 11.7 Å². The van der Waals surface area contributed by atoms with Crippen LogP contribution in [-0.2, 0) is 4.74 Å². The summed E-state index contributed by atoms with van der Waals surface area (Å²) in [5.41, 5.74) is 0.967. The van der Waals surface area contributed by atoms with Gasteiger partial charge in [0.05, 0.1) is 6.10 Å². The molecule has 0 saturated carbocycles. The van der Waals surface area contributed by atoms with E-state index in [-0.39, 0.29) is 6.10 Å². The summed E-state index contributed by atoms with van der Waals surface area (Å²) in [4.78, 5) is 0. The summed E-state index contributed by atoms with van der Waals surface area (Å²) in [6.07, 6.45) is -0.0845. The zero-order chi connectivity index (χ0) is 10.6. The molecule has 0 amide bonds. The van der Waals surface area contributed by atoms with E-state index < -0.39 is 0 Å². The lowest BCUT2D eigenvalue weighted by Crippen LogP contribution is -2.31. The van der Waals surface area contributed by atoms with E-state index in [0.29, 0.717) is 11.6 Å². The van der Waals surface area contributed by atoms with Crippen molar-refractivity contribution in [1.29, 1.82) is 0 Å². The first kappa shape index (κ1) is 11.5. The van der Waals surface area contributed by atoms with E-state index in [1.807, 2.05) is 24.3 Å². The predicted molar refractivity (Wildman–Crippen MR) is 58.0 cm³/mol. The maximum Gasteiger partial charge on any atom is 0.0976 e. The fourth-order valence-corrected chi connectivity index (χ4v) is 1.56. The molecular weight excluding hydrogens is 200 g/mol. The van der Waals surface area contributed by atoms with Crippen molar-refractivity contribution < 1.29 is 4.74 Å². The topological polar surface area (TPSA) is 38.5 Å². The molecule has 0 aliphatic heterocycles. The van der Waals surface area contributed by atoms with Crippen molar-refractivity contribution in [2.45, 2.75) is 6.10 Å². The molecule has 0 bridgehead atoms. The number of methoxy groups -OCH3 is 1. The third-order valence-electron chi connectivity index (χ3n) is 1.99. The Bertz CT molecular complexity index is 291. The fraction of sp³-hybridized carbons (Fsp3) is 0.400. The van der Waals surface area contributed by atoms with E-state index in [9.17, 15) is 0 Å². The molecule has 1 atom stereocenters. The van der Waals surface area contributed by atoms with Crippen molar-refractivity contribution in [3.63, 3.8) is 0 Å². The minimum atomic E-state index is -0.0845. The lowest BCUT2D eigenvalue weighted by Gasteiger charge is -2.20. The van der Waals surface area contributed by atoms with Gasteiger partial charge in [-0.2, -0.15) is 0 Å². The van der Waals surface area contributed by atoms with E-state index >= 15 is 0 Å². The molecule has 1 unspecified atom stereocenters. The van der Waals surface area contributed by atoms with Crippen LogP contribution in [0, 0.1) is 0 Å². The number of ether oxygens (including phenoxy) is 1. The zero-order valence-electron chi connectivity index (χ0n) is 8.40. The molecule has 0 aromatic heterocycles. The van der Waals surface area contributed by atoms with Gasteiger partial charge in [-0.05, 0) is 6.07 Å². The molecule has 4 heteroatoms. The van der Waals surface area contributed by atoms with Crippen molar-refractivity contribution in [3.05, 3.63) is 34.9 Å². The smallest absolute Gasteiger partial charge is 0.0976 e. The van der Waals surface area contributed by atoms with Gasteiger partial charge in [-0.3, -0.25) is 5.84 Å². The van der Waals surface area contributed by atoms with Crippen LogP contribution in [-0.4, -0.2) is 25.7 Å². The molecule has 0 spiro atoms. The Hall–Kier alpha value is -0.610. The third-order valence-corrected chi connectivity index (χ3v) is 2.33. The van der Waals surface area contributed by atoms with Gasteiger partial charge < -0.3 is 4.74 Å². The van der Waals surface area contributed by atoms with Crippen molar-refractivity contribution >= 4 is 11.6 Å². The normalized spacial score (nSPS) is 13.2. The number of hydrogen-bond acceptors (Lipinski definition) is 3. The standard InChI is InChI=1S/C10H15ClN2O/c1-13(12)7-10(14-2)8-5-3-4-6-9(8)11/h3-6,10H,7,12H2,1-2H3. The Balaban J connectivity index is 2.83. The van der Waals surface area contributed by atoms with E-state index in [4.69, 9.17) is 22.2 Å². The second kappa shape index (κ2) is 5.32. The zero-order valence-corrected chi connectivity index (χ0v) is 9.16. The Labute approximate surface area is 89.4 Å². The van der Waals surface area contributed by atoms with Crippen LogP contribution in [0.2, 0.25) is 5.02 Å². The van der Waals surface area contributed by atoms with Crippen LogP contribution in [0.5, 0.6) is 0 Å². The summed E-state index contributed by atoms with van der Waals surface area (Å²) in [7, 11) is 3.44. The highest BCUT2D eigenvalue weighted by Crippen LogP contribution is 2.24. The summed E-state index contributed by atoms with van der Waals surface area (Å²) in [5.74, 6) is 5.57. The van der Waals surface area contributed by atoms with Crippen LogP contribution in [0.3, 0.4) is 0 Å². The van der Waals surface area contributed by atoms with Crippen LogP contribution in [0.15, 0.2) is 24.3 Å². The Kier molecular flexibility index (Phi) is 4.35. The molecule has 1 aromatic carbocycles. The summed E-state index contributed by atoms with van der Waals surface area (Å²) in [6, 6.07) is 7.62. The van der Waals surface area contributed by atoms with Gasteiger partial charge >= 0.3 is 0 Å². The average molecular weight is 215 g/mol. The van der Waals surface area contributed by atoms with Gasteiger partial charge in [0.1, 0.15) is 0 Å². The van der Waals surface area contributed by atoms with Gasteiger partial charge in [0, 0.05) is 31.3 Å². The fourth-order valence-electron chi connectivity index (χ4n) is 1.30. The molecular formula is C10H15ClN2O. The Morgan fingerprint density at radius 2 is 2.14 bits per heavy atom. The molecule has 0 aliphatic rings. The number of benzene rings is 1. The number of rotatable bonds is 4. The van der Waals surface area contributed by atoms with Crippen LogP contribution >= 0.6 is 11.6 Å². The molecule has 14 heavy (non-hydrogen) atoms. The van der Waals surface area contributed by atoms with Gasteiger partial charge in [-0.25, -0.2) is 5.01 Å². The van der Waals surface area contributed by atoms with Gasteiger partial charge in [-0.15, -0.1) is 0 Å². The van der Waals surface area contributed by atoms with Crippen molar-refractivity contribution in [3.8, 4) is 0 Å². The van der Waals surface area contributed by atoms with Crippen LogP contribution < -0.4 is 5.84 Å². The largest absolute Gasteiger partial charge is 0.375 e. The van der Waals surface area contributed by atoms with E-state index in [1.54, 1.807) is 19.2 Å². The summed E-state index contributed by atoms with van der Waals surface area (Å²) >= 11 is 6.04. The second-order valence-electron chi connectivity index (χ2n) is 3.19. The number of hydrogen-bond donors (Lipinski definition) is 1. The van der Waals surface area contributed by atoms with E-state index in [0.717, 1.165) is 5.56 Å². The summed E-state index contributed by atoms with van der Waals surface area (Å²) in [5, 5.41) is 2.29. The average Bonchev–Trinajstić information content (AvgIpc) is 2.15. The molecule has 3 nitrogen and oxygen atoms in total. The van der Waals surface area contributed by atoms with Crippen molar-refractivity contribution in [2.24, 2.45) is 5.84 Å². The first-order valence-electron chi connectivity index (χ1n) is 4.38. The monoisotopic (exact) mass is 214 g/mol. The molecule has 0 heterocycles. The number of likely N-dealkylation sites (N-methyl/N-ethyl adjacent to an activating group) is 1. The molecule has 78 valence electrons. The first-order valence-corrected chi connectivity index (χ1v) is 4.76. The minimum Gasteiger partial charge on any atom is -0.375 e. The number of hydrazine groups is 1. The Morgan fingerprint density at radius 3 is 2.64 bits per heavy atom. The molecule has 0 saturated heterocycles. The lowest BCUT2D eigenvalue weighted by atomic mass is 10.1. The number of halogens is 1. The molecule has 1 rings (SSSR count). The molecule has 0 radical (unpaired) electrons. The van der Waals surface area contributed by atoms with Crippen molar-refractivity contribution in [2.75, 3.05) is 20.7 Å². The quantitative estimate of drug-likeness (QED) is 0.614. The van der Waals surface area contributed by atoms with Crippen molar-refractivity contribution in [1.82, 2.24) is 5.01 Å². The number of nitrogens with two attached hydrogens (primary N) is 1. The summed E-state index contributed by atoms with van der Waals surface area (Å²) in [6.45, 7) is 0.611. The number of nitrogens with zero attached hydrogens (tertiary/aromatic N) is 1. The molecule has 2 N–H and O–H groups in total. The highest BCUT2D eigenvalue weighted by Gasteiger charge is 2.14. The molecule has 1 aromatic rings. The lowest BCUT2D eigenvalue weighted by molar-refractivity contribution is 0.0718. The van der Waals surface area contributed by atoms with Crippen LogP contribution in [0.25, 0.3) is 0 Å². The van der Waals surface area contributed by atoms with Gasteiger partial charge in [0.25, 0.3) is 0 Å². The third kappa shape index (κ3) is 2.96. The summed E-state index contributed by atoms with van der Waals surface area (Å²) < 4.78 is 5.32. The van der Waals surface area contributed by atoms with Gasteiger partial charge in [0.2, 0.25) is 0 Å². The maximum absolute atomic E-state index is 6.04. The molecule has 0 fully saturated rings. The van der Waals surface area contributed by atoms with E-state index in [2.05, 4.69) is 0 Å². The first-order chi connectivity index (χ1) is 6.65. The predicted octanol–water partition coefficient (Wildman–Crippen LogP) is 1.83. The Morgan fingerprint density at radius 1 is 1.50 bits per heavy atom. The maximum atomic E-state index is 6.04. The van der Waals surface area contributed by atoms with E-state index in [1.165, 1.54) is 0 Å². The minimum absolute atomic E-state index is 0.0845. The molecule has 0 aliphatic carbocycles. The highest BCUT2D eigenvalue weighted by atomic mass is 35.5. The highest BCUT2D eigenvalue weighted by molar-refractivity contribution is 6.31. The SMILES string of the molecule is COC(CN(C)N)c1ccccc1Cl. The van der Waals surface area contributed by atoms with Gasteiger partial charge in [-0.1, -0.05) is 29.8 Å².